The first-order chi connectivity index (χ1) is 9.54. The van der Waals surface area contributed by atoms with Gasteiger partial charge in [0.25, 0.3) is 0 Å². The van der Waals surface area contributed by atoms with Crippen LogP contribution in [0.4, 0.5) is 0 Å². The van der Waals surface area contributed by atoms with Crippen molar-refractivity contribution < 1.29 is 4.74 Å². The second-order valence-corrected chi connectivity index (χ2v) is 8.55. The van der Waals surface area contributed by atoms with Gasteiger partial charge >= 0.3 is 0 Å². The van der Waals surface area contributed by atoms with Gasteiger partial charge in [0.2, 0.25) is 0 Å². The first-order valence-electron chi connectivity index (χ1n) is 7.81. The van der Waals surface area contributed by atoms with Crippen molar-refractivity contribution in [1.82, 2.24) is 10.3 Å². The SMILES string of the molecule is CCCNC(C)(CC(C)(C)OC)c1nc(C(C)(C)C)cs1. The van der Waals surface area contributed by atoms with Crippen LogP contribution >= 0.6 is 11.3 Å². The number of hydrogen-bond acceptors (Lipinski definition) is 4. The van der Waals surface area contributed by atoms with E-state index in [9.17, 15) is 0 Å². The molecule has 1 aromatic rings. The zero-order valence-corrected chi connectivity index (χ0v) is 15.8. The Bertz CT molecular complexity index is 448. The number of hydrogen-bond donors (Lipinski definition) is 1. The standard InChI is InChI=1S/C17H32N2OS/c1-9-10-18-17(7,12-16(5,6)20-8)14-19-13(11-21-14)15(2,3)4/h11,18H,9-10,12H2,1-8H3. The van der Waals surface area contributed by atoms with Gasteiger partial charge in [-0.1, -0.05) is 27.7 Å². The van der Waals surface area contributed by atoms with E-state index < -0.39 is 0 Å². The second-order valence-electron chi connectivity index (χ2n) is 7.69. The molecule has 0 spiro atoms. The molecule has 0 radical (unpaired) electrons. The van der Waals surface area contributed by atoms with E-state index in [1.807, 2.05) is 0 Å². The number of nitrogens with zero attached hydrogens (tertiary/aromatic N) is 1. The van der Waals surface area contributed by atoms with Crippen LogP contribution < -0.4 is 5.32 Å². The fraction of sp³-hybridized carbons (Fsp3) is 0.824. The molecule has 1 atom stereocenters. The Morgan fingerprint density at radius 2 is 1.81 bits per heavy atom. The molecule has 1 aromatic heterocycles. The van der Waals surface area contributed by atoms with Crippen LogP contribution in [0.25, 0.3) is 0 Å². The molecule has 0 fully saturated rings. The predicted molar refractivity (Wildman–Crippen MR) is 92.2 cm³/mol. The number of rotatable bonds is 7. The molecule has 0 aliphatic rings. The third kappa shape index (κ3) is 5.04. The van der Waals surface area contributed by atoms with Gasteiger partial charge in [-0.3, -0.25) is 0 Å². The van der Waals surface area contributed by atoms with Gasteiger partial charge in [-0.2, -0.15) is 0 Å². The molecule has 1 N–H and O–H groups in total. The molecule has 0 aliphatic heterocycles. The summed E-state index contributed by atoms with van der Waals surface area (Å²) in [6, 6.07) is 0. The summed E-state index contributed by atoms with van der Waals surface area (Å²) in [6.07, 6.45) is 2.01. The highest BCUT2D eigenvalue weighted by Crippen LogP contribution is 2.35. The van der Waals surface area contributed by atoms with Crippen molar-refractivity contribution in [3.05, 3.63) is 16.1 Å². The summed E-state index contributed by atoms with van der Waals surface area (Å²) in [5, 5.41) is 7.04. The molecule has 3 nitrogen and oxygen atoms in total. The summed E-state index contributed by atoms with van der Waals surface area (Å²) >= 11 is 1.76. The Labute approximate surface area is 134 Å². The van der Waals surface area contributed by atoms with Gasteiger partial charge in [0.1, 0.15) is 5.01 Å². The lowest BCUT2D eigenvalue weighted by Crippen LogP contribution is -2.46. The Morgan fingerprint density at radius 3 is 2.24 bits per heavy atom. The lowest BCUT2D eigenvalue weighted by Gasteiger charge is -2.36. The summed E-state index contributed by atoms with van der Waals surface area (Å²) in [5.74, 6) is 0. The molecule has 0 saturated heterocycles. The fourth-order valence-corrected chi connectivity index (χ4v) is 3.59. The lowest BCUT2D eigenvalue weighted by molar-refractivity contribution is -0.00728. The van der Waals surface area contributed by atoms with Gasteiger partial charge < -0.3 is 10.1 Å². The molecule has 0 amide bonds. The van der Waals surface area contributed by atoms with E-state index >= 15 is 0 Å². The summed E-state index contributed by atoms with van der Waals surface area (Å²) < 4.78 is 5.65. The summed E-state index contributed by atoms with van der Waals surface area (Å²) in [5.41, 5.74) is 0.937. The van der Waals surface area contributed by atoms with E-state index in [0.29, 0.717) is 0 Å². The predicted octanol–water partition coefficient (Wildman–Crippen LogP) is 4.47. The molecular weight excluding hydrogens is 280 g/mol. The molecule has 1 rings (SSSR count). The normalized spacial score (nSPS) is 16.0. The molecule has 0 bridgehead atoms. The van der Waals surface area contributed by atoms with Crippen molar-refractivity contribution in [3.8, 4) is 0 Å². The molecule has 122 valence electrons. The van der Waals surface area contributed by atoms with Crippen molar-refractivity contribution in [2.45, 2.75) is 77.9 Å². The molecule has 1 unspecified atom stereocenters. The second kappa shape index (κ2) is 6.76. The van der Waals surface area contributed by atoms with Crippen LogP contribution in [-0.2, 0) is 15.7 Å². The van der Waals surface area contributed by atoms with E-state index in [1.165, 1.54) is 5.69 Å². The number of thiazole rings is 1. The average molecular weight is 313 g/mol. The quantitative estimate of drug-likeness (QED) is 0.806. The summed E-state index contributed by atoms with van der Waals surface area (Å²) in [7, 11) is 1.78. The highest BCUT2D eigenvalue weighted by atomic mass is 32.1. The third-order valence-corrected chi connectivity index (χ3v) is 4.95. The van der Waals surface area contributed by atoms with Gasteiger partial charge in [0.05, 0.1) is 16.8 Å². The molecule has 4 heteroatoms. The van der Waals surface area contributed by atoms with Crippen molar-refractivity contribution in [2.75, 3.05) is 13.7 Å². The molecule has 0 saturated carbocycles. The van der Waals surface area contributed by atoms with E-state index in [2.05, 4.69) is 59.2 Å². The Hall–Kier alpha value is -0.450. The molecule has 0 aliphatic carbocycles. The molecule has 1 heterocycles. The smallest absolute Gasteiger partial charge is 0.113 e. The van der Waals surface area contributed by atoms with Gasteiger partial charge in [-0.05, 0) is 33.7 Å². The maximum absolute atomic E-state index is 5.65. The van der Waals surface area contributed by atoms with Crippen molar-refractivity contribution in [3.63, 3.8) is 0 Å². The van der Waals surface area contributed by atoms with Gasteiger partial charge in [0, 0.05) is 24.3 Å². The van der Waals surface area contributed by atoms with Gasteiger partial charge in [-0.15, -0.1) is 11.3 Å². The van der Waals surface area contributed by atoms with Crippen molar-refractivity contribution >= 4 is 11.3 Å². The third-order valence-electron chi connectivity index (χ3n) is 3.84. The number of aromatic nitrogens is 1. The van der Waals surface area contributed by atoms with E-state index in [1.54, 1.807) is 18.4 Å². The minimum absolute atomic E-state index is 0.0944. The Balaban J connectivity index is 3.09. The van der Waals surface area contributed by atoms with E-state index in [4.69, 9.17) is 9.72 Å². The van der Waals surface area contributed by atoms with Crippen molar-refractivity contribution in [1.29, 1.82) is 0 Å². The average Bonchev–Trinajstić information content (AvgIpc) is 2.86. The minimum atomic E-state index is -0.178. The Kier molecular flexibility index (Phi) is 5.99. The van der Waals surface area contributed by atoms with Gasteiger partial charge in [0.15, 0.2) is 0 Å². The molecule has 21 heavy (non-hydrogen) atoms. The zero-order valence-electron chi connectivity index (χ0n) is 15.0. The van der Waals surface area contributed by atoms with Crippen LogP contribution in [0.2, 0.25) is 0 Å². The number of methoxy groups -OCH3 is 1. The topological polar surface area (TPSA) is 34.1 Å². The number of nitrogens with one attached hydrogen (secondary N) is 1. The summed E-state index contributed by atoms with van der Waals surface area (Å²) in [4.78, 5) is 4.93. The molecular formula is C17H32N2OS. The Morgan fingerprint density at radius 1 is 1.19 bits per heavy atom. The van der Waals surface area contributed by atoms with Crippen LogP contribution in [0, 0.1) is 0 Å². The summed E-state index contributed by atoms with van der Waals surface area (Å²) in [6.45, 7) is 16.3. The maximum Gasteiger partial charge on any atom is 0.113 e. The molecule has 0 aromatic carbocycles. The number of ether oxygens (including phenoxy) is 1. The first-order valence-corrected chi connectivity index (χ1v) is 8.69. The largest absolute Gasteiger partial charge is 0.379 e. The highest BCUT2D eigenvalue weighted by molar-refractivity contribution is 7.09. The van der Waals surface area contributed by atoms with Crippen LogP contribution in [0.1, 0.15) is 72.0 Å². The van der Waals surface area contributed by atoms with E-state index in [0.717, 1.165) is 24.4 Å². The van der Waals surface area contributed by atoms with Gasteiger partial charge in [-0.25, -0.2) is 4.98 Å². The van der Waals surface area contributed by atoms with Crippen LogP contribution in [0.15, 0.2) is 5.38 Å². The fourth-order valence-electron chi connectivity index (χ4n) is 2.41. The monoisotopic (exact) mass is 312 g/mol. The van der Waals surface area contributed by atoms with Crippen LogP contribution in [0.5, 0.6) is 0 Å². The van der Waals surface area contributed by atoms with Crippen molar-refractivity contribution in [2.24, 2.45) is 0 Å². The van der Waals surface area contributed by atoms with Crippen LogP contribution in [0.3, 0.4) is 0 Å². The first kappa shape index (κ1) is 18.6. The van der Waals surface area contributed by atoms with E-state index in [-0.39, 0.29) is 16.6 Å². The zero-order chi connectivity index (χ0) is 16.3. The maximum atomic E-state index is 5.65. The van der Waals surface area contributed by atoms with Crippen LogP contribution in [-0.4, -0.2) is 24.2 Å². The minimum Gasteiger partial charge on any atom is -0.379 e. The highest BCUT2D eigenvalue weighted by Gasteiger charge is 2.36. The lowest BCUT2D eigenvalue weighted by atomic mass is 9.87.